The van der Waals surface area contributed by atoms with E-state index in [2.05, 4.69) is 19.9 Å². The van der Waals surface area contributed by atoms with Crippen molar-refractivity contribution in [2.45, 2.75) is 5.16 Å². The fraction of sp³-hybridized carbons (Fsp3) is 0.176. The number of nitrogens with zero attached hydrogens (tertiary/aromatic N) is 4. The molecule has 8 nitrogen and oxygen atoms in total. The zero-order valence-corrected chi connectivity index (χ0v) is 16.3. The molecule has 0 bridgehead atoms. The first kappa shape index (κ1) is 19.1. The van der Waals surface area contributed by atoms with E-state index in [1.165, 1.54) is 11.8 Å². The van der Waals surface area contributed by atoms with Gasteiger partial charge in [0.25, 0.3) is 0 Å². The second kappa shape index (κ2) is 7.89. The van der Waals surface area contributed by atoms with Gasteiger partial charge in [0.2, 0.25) is 10.0 Å². The van der Waals surface area contributed by atoms with Crippen molar-refractivity contribution in [2.24, 2.45) is 7.05 Å². The molecule has 2 aromatic heterocycles. The number of carbonyl (C=O) groups excluding carboxylic acids is 1. The molecule has 0 amide bonds. The molecule has 140 valence electrons. The van der Waals surface area contributed by atoms with Crippen LogP contribution in [-0.4, -0.2) is 46.0 Å². The van der Waals surface area contributed by atoms with Gasteiger partial charge in [0.15, 0.2) is 16.8 Å². The molecule has 1 aromatic carbocycles. The van der Waals surface area contributed by atoms with Gasteiger partial charge in [0.05, 0.1) is 12.0 Å². The monoisotopic (exact) mass is 403 g/mol. The first-order chi connectivity index (χ1) is 12.8. The van der Waals surface area contributed by atoms with Crippen molar-refractivity contribution in [3.8, 4) is 11.4 Å². The number of aromatic nitrogens is 4. The molecule has 0 aliphatic rings. The SMILES string of the molecule is Cn1c(SCC(=O)c2ccc(NS(C)(=O)=O)cc2)nnc1-c1cccnc1. The summed E-state index contributed by atoms with van der Waals surface area (Å²) in [6.45, 7) is 0. The van der Waals surface area contributed by atoms with E-state index < -0.39 is 10.0 Å². The molecule has 0 saturated carbocycles. The predicted molar refractivity (Wildman–Crippen MR) is 104 cm³/mol. The Morgan fingerprint density at radius 1 is 1.19 bits per heavy atom. The average Bonchev–Trinajstić information content (AvgIpc) is 3.00. The molecule has 3 rings (SSSR count). The number of thioether (sulfide) groups is 1. The van der Waals surface area contributed by atoms with E-state index in [0.29, 0.717) is 22.2 Å². The van der Waals surface area contributed by atoms with E-state index in [1.54, 1.807) is 36.7 Å². The largest absolute Gasteiger partial charge is 0.305 e. The van der Waals surface area contributed by atoms with Crippen LogP contribution in [0.15, 0.2) is 53.9 Å². The van der Waals surface area contributed by atoms with Crippen LogP contribution in [-0.2, 0) is 17.1 Å². The molecule has 0 aliphatic carbocycles. The standard InChI is InChI=1S/C17H17N5O3S2/c1-22-16(13-4-3-9-18-10-13)19-20-17(22)26-11-15(23)12-5-7-14(8-6-12)21-27(2,24)25/h3-10,21H,11H2,1-2H3. The summed E-state index contributed by atoms with van der Waals surface area (Å²) in [6.07, 6.45) is 4.46. The van der Waals surface area contributed by atoms with Crippen molar-refractivity contribution in [1.82, 2.24) is 19.7 Å². The molecule has 0 radical (unpaired) electrons. The molecule has 2 heterocycles. The van der Waals surface area contributed by atoms with Crippen molar-refractivity contribution in [2.75, 3.05) is 16.7 Å². The van der Waals surface area contributed by atoms with E-state index in [4.69, 9.17) is 0 Å². The van der Waals surface area contributed by atoms with Crippen LogP contribution in [0.5, 0.6) is 0 Å². The summed E-state index contributed by atoms with van der Waals surface area (Å²) in [5, 5.41) is 8.91. The predicted octanol–water partition coefficient (Wildman–Crippen LogP) is 2.22. The maximum absolute atomic E-state index is 12.4. The molecule has 3 aromatic rings. The number of sulfonamides is 1. The van der Waals surface area contributed by atoms with Crippen LogP contribution in [0.4, 0.5) is 5.69 Å². The number of carbonyl (C=O) groups is 1. The molecule has 10 heteroatoms. The van der Waals surface area contributed by atoms with Crippen LogP contribution in [0, 0.1) is 0 Å². The van der Waals surface area contributed by atoms with Crippen molar-refractivity contribution in [1.29, 1.82) is 0 Å². The Morgan fingerprint density at radius 2 is 1.93 bits per heavy atom. The van der Waals surface area contributed by atoms with Crippen LogP contribution in [0.1, 0.15) is 10.4 Å². The quantitative estimate of drug-likeness (QED) is 0.476. The highest BCUT2D eigenvalue weighted by atomic mass is 32.2. The van der Waals surface area contributed by atoms with Crippen molar-refractivity contribution >= 4 is 33.3 Å². The number of pyridine rings is 1. The molecule has 0 saturated heterocycles. The lowest BCUT2D eigenvalue weighted by Gasteiger charge is -2.06. The Bertz CT molecular complexity index is 1050. The fourth-order valence-electron chi connectivity index (χ4n) is 2.34. The number of rotatable bonds is 7. The molecular formula is C17H17N5O3S2. The van der Waals surface area contributed by atoms with E-state index in [0.717, 1.165) is 11.8 Å². The Labute approximate surface area is 161 Å². The van der Waals surface area contributed by atoms with Crippen LogP contribution >= 0.6 is 11.8 Å². The topological polar surface area (TPSA) is 107 Å². The minimum atomic E-state index is -3.34. The molecule has 0 spiro atoms. The van der Waals surface area contributed by atoms with Crippen LogP contribution in [0.3, 0.4) is 0 Å². The smallest absolute Gasteiger partial charge is 0.229 e. The van der Waals surface area contributed by atoms with Gasteiger partial charge >= 0.3 is 0 Å². The van der Waals surface area contributed by atoms with Crippen molar-refractivity contribution in [3.05, 3.63) is 54.4 Å². The van der Waals surface area contributed by atoms with Gasteiger partial charge in [0, 0.05) is 36.3 Å². The molecular weight excluding hydrogens is 386 g/mol. The number of Topliss-reactive ketones (excluding diaryl/α,β-unsaturated/α-hetero) is 1. The van der Waals surface area contributed by atoms with Crippen molar-refractivity contribution < 1.29 is 13.2 Å². The van der Waals surface area contributed by atoms with Gasteiger partial charge in [-0.05, 0) is 36.4 Å². The lowest BCUT2D eigenvalue weighted by atomic mass is 10.1. The number of benzene rings is 1. The van der Waals surface area contributed by atoms with Crippen molar-refractivity contribution in [3.63, 3.8) is 0 Å². The normalized spacial score (nSPS) is 11.3. The third-order valence-electron chi connectivity index (χ3n) is 3.60. The van der Waals surface area contributed by atoms with E-state index >= 15 is 0 Å². The highest BCUT2D eigenvalue weighted by Crippen LogP contribution is 2.23. The zero-order valence-electron chi connectivity index (χ0n) is 14.7. The second-order valence-electron chi connectivity index (χ2n) is 5.77. The van der Waals surface area contributed by atoms with Gasteiger partial charge in [-0.1, -0.05) is 11.8 Å². The fourth-order valence-corrected chi connectivity index (χ4v) is 3.71. The molecule has 27 heavy (non-hydrogen) atoms. The molecule has 0 unspecified atom stereocenters. The van der Waals surface area contributed by atoms with Gasteiger partial charge in [-0.25, -0.2) is 8.42 Å². The van der Waals surface area contributed by atoms with Gasteiger partial charge in [-0.15, -0.1) is 10.2 Å². The summed E-state index contributed by atoms with van der Waals surface area (Å²) < 4.78 is 26.6. The van der Waals surface area contributed by atoms with E-state index in [1.807, 2.05) is 23.7 Å². The van der Waals surface area contributed by atoms with Gasteiger partial charge < -0.3 is 4.57 Å². The third-order valence-corrected chi connectivity index (χ3v) is 5.22. The average molecular weight is 403 g/mol. The summed E-state index contributed by atoms with van der Waals surface area (Å²) in [4.78, 5) is 16.4. The number of hydrogen-bond donors (Lipinski definition) is 1. The molecule has 0 atom stereocenters. The van der Waals surface area contributed by atoms with E-state index in [9.17, 15) is 13.2 Å². The minimum absolute atomic E-state index is 0.0863. The molecule has 1 N–H and O–H groups in total. The highest BCUT2D eigenvalue weighted by molar-refractivity contribution is 7.99. The van der Waals surface area contributed by atoms with Gasteiger partial charge in [-0.3, -0.25) is 14.5 Å². The summed E-state index contributed by atoms with van der Waals surface area (Å²) in [5.41, 5.74) is 1.76. The highest BCUT2D eigenvalue weighted by Gasteiger charge is 2.14. The Morgan fingerprint density at radius 3 is 2.56 bits per heavy atom. The number of hydrogen-bond acceptors (Lipinski definition) is 7. The lowest BCUT2D eigenvalue weighted by molar-refractivity contribution is 0.102. The van der Waals surface area contributed by atoms with Crippen LogP contribution in [0.2, 0.25) is 0 Å². The minimum Gasteiger partial charge on any atom is -0.305 e. The summed E-state index contributed by atoms with van der Waals surface area (Å²) in [5.74, 6) is 0.781. The molecule has 0 fully saturated rings. The maximum Gasteiger partial charge on any atom is 0.229 e. The summed E-state index contributed by atoms with van der Waals surface area (Å²) >= 11 is 1.29. The number of ketones is 1. The lowest BCUT2D eigenvalue weighted by Crippen LogP contribution is -2.10. The summed E-state index contributed by atoms with van der Waals surface area (Å²) in [6, 6.07) is 10.0. The maximum atomic E-state index is 12.4. The van der Waals surface area contributed by atoms with E-state index in [-0.39, 0.29) is 11.5 Å². The second-order valence-corrected chi connectivity index (χ2v) is 8.46. The first-order valence-electron chi connectivity index (χ1n) is 7.87. The van der Waals surface area contributed by atoms with Gasteiger partial charge in [-0.2, -0.15) is 0 Å². The first-order valence-corrected chi connectivity index (χ1v) is 10.7. The zero-order chi connectivity index (χ0) is 19.4. The number of nitrogens with one attached hydrogen (secondary N) is 1. The van der Waals surface area contributed by atoms with Gasteiger partial charge in [0.1, 0.15) is 0 Å². The Balaban J connectivity index is 1.65. The summed E-state index contributed by atoms with van der Waals surface area (Å²) in [7, 11) is -1.51. The number of anilines is 1. The third kappa shape index (κ3) is 4.92. The Kier molecular flexibility index (Phi) is 5.57. The van der Waals surface area contributed by atoms with Crippen LogP contribution in [0.25, 0.3) is 11.4 Å². The molecule has 0 aliphatic heterocycles. The Hall–Kier alpha value is -2.72. The van der Waals surface area contributed by atoms with Crippen LogP contribution < -0.4 is 4.72 Å².